The summed E-state index contributed by atoms with van der Waals surface area (Å²) in [4.78, 5) is 22.5. The first-order valence-corrected chi connectivity index (χ1v) is 5.67. The fourth-order valence-electron chi connectivity index (χ4n) is 1.77. The Morgan fingerprint density at radius 2 is 2.18 bits per heavy atom. The van der Waals surface area contributed by atoms with Gasteiger partial charge in [0.2, 0.25) is 0 Å². The van der Waals surface area contributed by atoms with E-state index in [1.807, 2.05) is 13.8 Å². The maximum absolute atomic E-state index is 11.3. The molecule has 96 valence electrons. The maximum atomic E-state index is 11.3. The summed E-state index contributed by atoms with van der Waals surface area (Å²) in [5.74, 6) is -0.490. The summed E-state index contributed by atoms with van der Waals surface area (Å²) >= 11 is 0. The van der Waals surface area contributed by atoms with Crippen molar-refractivity contribution < 1.29 is 23.8 Å². The molecule has 0 aliphatic carbocycles. The van der Waals surface area contributed by atoms with Crippen LogP contribution in [0.25, 0.3) is 0 Å². The standard InChI is InChI=1S/C12H18O5/c1-5-9-12(6-2,17-11(14)16-9)7-15-10(13)8(3)4/h9H,3,5-7H2,1-2,4H3. The third-order valence-electron chi connectivity index (χ3n) is 2.88. The highest BCUT2D eigenvalue weighted by Crippen LogP contribution is 2.33. The van der Waals surface area contributed by atoms with Crippen LogP contribution in [0.4, 0.5) is 4.79 Å². The van der Waals surface area contributed by atoms with Gasteiger partial charge in [-0.15, -0.1) is 0 Å². The molecule has 1 fully saturated rings. The molecular weight excluding hydrogens is 224 g/mol. The van der Waals surface area contributed by atoms with E-state index in [2.05, 4.69) is 6.58 Å². The van der Waals surface area contributed by atoms with E-state index < -0.39 is 17.7 Å². The van der Waals surface area contributed by atoms with E-state index in [0.717, 1.165) is 0 Å². The van der Waals surface area contributed by atoms with Crippen LogP contribution in [0.1, 0.15) is 33.6 Å². The van der Waals surface area contributed by atoms with Gasteiger partial charge in [-0.2, -0.15) is 0 Å². The molecule has 1 aliphatic heterocycles. The van der Waals surface area contributed by atoms with Gasteiger partial charge in [-0.05, 0) is 19.8 Å². The molecule has 0 aromatic carbocycles. The number of esters is 1. The topological polar surface area (TPSA) is 61.8 Å². The molecule has 1 rings (SSSR count). The molecule has 0 aromatic heterocycles. The molecule has 0 saturated carbocycles. The Morgan fingerprint density at radius 3 is 2.65 bits per heavy atom. The quantitative estimate of drug-likeness (QED) is 0.546. The number of carbonyl (C=O) groups is 2. The molecule has 1 saturated heterocycles. The van der Waals surface area contributed by atoms with Gasteiger partial charge in [0.25, 0.3) is 0 Å². The highest BCUT2D eigenvalue weighted by molar-refractivity contribution is 5.87. The van der Waals surface area contributed by atoms with Crippen molar-refractivity contribution in [3.63, 3.8) is 0 Å². The third kappa shape index (κ3) is 2.78. The van der Waals surface area contributed by atoms with Crippen molar-refractivity contribution in [3.8, 4) is 0 Å². The van der Waals surface area contributed by atoms with Crippen LogP contribution < -0.4 is 0 Å². The van der Waals surface area contributed by atoms with Crippen LogP contribution in [-0.4, -0.2) is 30.4 Å². The number of carbonyl (C=O) groups excluding carboxylic acids is 2. The van der Waals surface area contributed by atoms with E-state index in [0.29, 0.717) is 18.4 Å². The Labute approximate surface area is 101 Å². The molecule has 0 radical (unpaired) electrons. The zero-order valence-corrected chi connectivity index (χ0v) is 10.4. The minimum Gasteiger partial charge on any atom is -0.458 e. The van der Waals surface area contributed by atoms with Crippen LogP contribution in [0, 0.1) is 0 Å². The van der Waals surface area contributed by atoms with Gasteiger partial charge in [-0.25, -0.2) is 9.59 Å². The second-order valence-electron chi connectivity index (χ2n) is 4.14. The third-order valence-corrected chi connectivity index (χ3v) is 2.88. The van der Waals surface area contributed by atoms with Gasteiger partial charge in [-0.3, -0.25) is 0 Å². The smallest absolute Gasteiger partial charge is 0.458 e. The monoisotopic (exact) mass is 242 g/mol. The summed E-state index contributed by atoms with van der Waals surface area (Å²) in [5, 5.41) is 0. The Hall–Kier alpha value is -1.52. The van der Waals surface area contributed by atoms with E-state index in [4.69, 9.17) is 14.2 Å². The molecule has 0 amide bonds. The van der Waals surface area contributed by atoms with Crippen molar-refractivity contribution in [3.05, 3.63) is 12.2 Å². The van der Waals surface area contributed by atoms with Gasteiger partial charge in [0.15, 0.2) is 5.60 Å². The molecule has 1 heterocycles. The van der Waals surface area contributed by atoms with Crippen molar-refractivity contribution >= 4 is 12.1 Å². The van der Waals surface area contributed by atoms with Gasteiger partial charge >= 0.3 is 12.1 Å². The minimum atomic E-state index is -0.864. The van der Waals surface area contributed by atoms with Crippen molar-refractivity contribution in [2.24, 2.45) is 0 Å². The Bertz CT molecular complexity index is 336. The Morgan fingerprint density at radius 1 is 1.53 bits per heavy atom. The highest BCUT2D eigenvalue weighted by atomic mass is 16.8. The van der Waals surface area contributed by atoms with Crippen molar-refractivity contribution in [1.82, 2.24) is 0 Å². The van der Waals surface area contributed by atoms with Crippen molar-refractivity contribution in [2.45, 2.75) is 45.3 Å². The minimum absolute atomic E-state index is 0.000556. The molecule has 5 nitrogen and oxygen atoms in total. The lowest BCUT2D eigenvalue weighted by molar-refractivity contribution is -0.147. The molecule has 2 atom stereocenters. The second kappa shape index (κ2) is 5.21. The lowest BCUT2D eigenvalue weighted by atomic mass is 9.93. The molecule has 5 heteroatoms. The van der Waals surface area contributed by atoms with E-state index in [1.165, 1.54) is 0 Å². The molecule has 2 unspecified atom stereocenters. The number of cyclic esters (lactones) is 2. The summed E-state index contributed by atoms with van der Waals surface area (Å²) in [6, 6.07) is 0. The van der Waals surface area contributed by atoms with E-state index in [-0.39, 0.29) is 12.7 Å². The largest absolute Gasteiger partial charge is 0.509 e. The van der Waals surface area contributed by atoms with Gasteiger partial charge in [0.1, 0.15) is 12.7 Å². The summed E-state index contributed by atoms with van der Waals surface area (Å²) in [6.45, 7) is 8.80. The van der Waals surface area contributed by atoms with E-state index >= 15 is 0 Å². The average molecular weight is 242 g/mol. The second-order valence-corrected chi connectivity index (χ2v) is 4.14. The number of rotatable bonds is 5. The van der Waals surface area contributed by atoms with Gasteiger partial charge < -0.3 is 14.2 Å². The molecule has 0 bridgehead atoms. The van der Waals surface area contributed by atoms with Crippen LogP contribution in [0.3, 0.4) is 0 Å². The molecule has 0 aromatic rings. The van der Waals surface area contributed by atoms with Crippen LogP contribution in [0.2, 0.25) is 0 Å². The van der Waals surface area contributed by atoms with Gasteiger partial charge in [0, 0.05) is 5.57 Å². The summed E-state index contributed by atoms with van der Waals surface area (Å²) in [6.07, 6.45) is 0.0632. The van der Waals surface area contributed by atoms with E-state index in [9.17, 15) is 9.59 Å². The zero-order chi connectivity index (χ0) is 13.1. The van der Waals surface area contributed by atoms with Crippen molar-refractivity contribution in [1.29, 1.82) is 0 Å². The Balaban J connectivity index is 2.71. The van der Waals surface area contributed by atoms with Crippen LogP contribution >= 0.6 is 0 Å². The molecule has 17 heavy (non-hydrogen) atoms. The summed E-state index contributed by atoms with van der Waals surface area (Å²) in [5.41, 5.74) is -0.550. The normalized spacial score (nSPS) is 27.2. The van der Waals surface area contributed by atoms with Crippen LogP contribution in [-0.2, 0) is 19.0 Å². The first kappa shape index (κ1) is 13.5. The molecule has 0 spiro atoms. The predicted octanol–water partition coefficient (Wildman–Crippen LogP) is 2.20. The zero-order valence-electron chi connectivity index (χ0n) is 10.4. The SMILES string of the molecule is C=C(C)C(=O)OCC1(CC)OC(=O)OC1CC. The first-order valence-electron chi connectivity index (χ1n) is 5.67. The van der Waals surface area contributed by atoms with Crippen LogP contribution in [0.15, 0.2) is 12.2 Å². The molecule has 0 N–H and O–H groups in total. The summed E-state index contributed by atoms with van der Waals surface area (Å²) in [7, 11) is 0. The van der Waals surface area contributed by atoms with Gasteiger partial charge in [-0.1, -0.05) is 20.4 Å². The number of hydrogen-bond acceptors (Lipinski definition) is 5. The first-order chi connectivity index (χ1) is 7.95. The summed E-state index contributed by atoms with van der Waals surface area (Å²) < 4.78 is 15.3. The maximum Gasteiger partial charge on any atom is 0.509 e. The van der Waals surface area contributed by atoms with Crippen molar-refractivity contribution in [2.75, 3.05) is 6.61 Å². The molecular formula is C12H18O5. The average Bonchev–Trinajstić information content (AvgIpc) is 2.62. The number of hydrogen-bond donors (Lipinski definition) is 0. The van der Waals surface area contributed by atoms with Crippen LogP contribution in [0.5, 0.6) is 0 Å². The van der Waals surface area contributed by atoms with E-state index in [1.54, 1.807) is 6.92 Å². The lowest BCUT2D eigenvalue weighted by Crippen LogP contribution is -2.44. The predicted molar refractivity (Wildman–Crippen MR) is 60.4 cm³/mol. The Kier molecular flexibility index (Phi) is 4.15. The highest BCUT2D eigenvalue weighted by Gasteiger charge is 2.50. The fraction of sp³-hybridized carbons (Fsp3) is 0.667. The molecule has 1 aliphatic rings. The fourth-order valence-corrected chi connectivity index (χ4v) is 1.77. The van der Waals surface area contributed by atoms with Gasteiger partial charge in [0.05, 0.1) is 0 Å². The number of ether oxygens (including phenoxy) is 3. The lowest BCUT2D eigenvalue weighted by Gasteiger charge is -2.28.